The van der Waals surface area contributed by atoms with Crippen LogP contribution in [0.4, 0.5) is 0 Å². The van der Waals surface area contributed by atoms with E-state index in [0.29, 0.717) is 12.8 Å². The standard InChI is InChI=1S/C26H43N7O5/c1-5-16(4)21(33-23(35)20(27)15(2)3)24(36)31-18(12-9-13-30-26(28)29)22(34)32-19(25(37)38)14-17-10-7-6-8-11-17/h6-8,10-11,15-16,18-21H,5,9,12-14,27H2,1-4H3,(H,31,36)(H,32,34)(H,33,35)(H,37,38)(H4,28,29,30). The maximum Gasteiger partial charge on any atom is 0.326 e. The van der Waals surface area contributed by atoms with Crippen LogP contribution in [0, 0.1) is 11.8 Å². The van der Waals surface area contributed by atoms with Crippen molar-refractivity contribution < 1.29 is 24.3 Å². The molecule has 212 valence electrons. The molecule has 0 heterocycles. The van der Waals surface area contributed by atoms with Crippen molar-refractivity contribution in [3.05, 3.63) is 35.9 Å². The van der Waals surface area contributed by atoms with E-state index >= 15 is 0 Å². The maximum absolute atomic E-state index is 13.3. The Morgan fingerprint density at radius 2 is 1.53 bits per heavy atom. The first kappa shape index (κ1) is 32.4. The van der Waals surface area contributed by atoms with Gasteiger partial charge in [-0.05, 0) is 30.2 Å². The van der Waals surface area contributed by atoms with E-state index in [1.807, 2.05) is 6.92 Å². The van der Waals surface area contributed by atoms with Crippen molar-refractivity contribution in [3.8, 4) is 0 Å². The number of nitrogens with one attached hydrogen (secondary N) is 3. The van der Waals surface area contributed by atoms with Crippen LogP contribution >= 0.6 is 0 Å². The highest BCUT2D eigenvalue weighted by Crippen LogP contribution is 2.11. The predicted octanol–water partition coefficient (Wildman–Crippen LogP) is -0.149. The molecule has 0 aliphatic carbocycles. The Balaban J connectivity index is 3.10. The van der Waals surface area contributed by atoms with Gasteiger partial charge in [-0.25, -0.2) is 4.79 Å². The van der Waals surface area contributed by atoms with Crippen molar-refractivity contribution in [2.24, 2.45) is 34.0 Å². The van der Waals surface area contributed by atoms with Gasteiger partial charge in [0.1, 0.15) is 18.1 Å². The van der Waals surface area contributed by atoms with Crippen LogP contribution in [0.15, 0.2) is 35.3 Å². The van der Waals surface area contributed by atoms with E-state index in [1.165, 1.54) is 0 Å². The number of nitrogens with two attached hydrogens (primary N) is 3. The average molecular weight is 534 g/mol. The average Bonchev–Trinajstić information content (AvgIpc) is 2.87. The number of rotatable bonds is 16. The van der Waals surface area contributed by atoms with E-state index in [0.717, 1.165) is 5.56 Å². The lowest BCUT2D eigenvalue weighted by molar-refractivity contribution is -0.142. The Labute approximate surface area is 224 Å². The summed E-state index contributed by atoms with van der Waals surface area (Å²) in [7, 11) is 0. The molecule has 10 N–H and O–H groups in total. The first-order valence-electron chi connectivity index (χ1n) is 12.9. The molecule has 0 saturated carbocycles. The van der Waals surface area contributed by atoms with Gasteiger partial charge in [0.15, 0.2) is 5.96 Å². The summed E-state index contributed by atoms with van der Waals surface area (Å²) >= 11 is 0. The van der Waals surface area contributed by atoms with Crippen molar-refractivity contribution in [2.75, 3.05) is 6.54 Å². The van der Waals surface area contributed by atoms with Crippen LogP contribution in [0.25, 0.3) is 0 Å². The molecule has 3 amide bonds. The van der Waals surface area contributed by atoms with Crippen molar-refractivity contribution >= 4 is 29.7 Å². The van der Waals surface area contributed by atoms with Crippen molar-refractivity contribution in [2.45, 2.75) is 77.5 Å². The largest absolute Gasteiger partial charge is 0.480 e. The third-order valence-electron chi connectivity index (χ3n) is 6.29. The zero-order valence-electron chi connectivity index (χ0n) is 22.6. The van der Waals surface area contributed by atoms with Crippen LogP contribution in [-0.2, 0) is 25.6 Å². The van der Waals surface area contributed by atoms with Crippen LogP contribution < -0.4 is 33.2 Å². The molecule has 5 atom stereocenters. The Kier molecular flexibility index (Phi) is 13.8. The van der Waals surface area contributed by atoms with E-state index in [2.05, 4.69) is 20.9 Å². The second-order valence-corrected chi connectivity index (χ2v) is 9.74. The third-order valence-corrected chi connectivity index (χ3v) is 6.29. The molecule has 0 aliphatic rings. The number of aliphatic carboxylic acids is 1. The van der Waals surface area contributed by atoms with Gasteiger partial charge in [0.05, 0.1) is 6.04 Å². The van der Waals surface area contributed by atoms with Gasteiger partial charge in [-0.2, -0.15) is 0 Å². The van der Waals surface area contributed by atoms with E-state index in [9.17, 15) is 24.3 Å². The Bertz CT molecular complexity index is 951. The molecule has 0 spiro atoms. The highest BCUT2D eigenvalue weighted by molar-refractivity contribution is 5.94. The molecule has 0 bridgehead atoms. The number of amides is 3. The summed E-state index contributed by atoms with van der Waals surface area (Å²) in [4.78, 5) is 54.9. The molecule has 0 aliphatic heterocycles. The van der Waals surface area contributed by atoms with Crippen molar-refractivity contribution in [1.82, 2.24) is 16.0 Å². The number of carbonyl (C=O) groups is 4. The molecule has 1 aromatic carbocycles. The summed E-state index contributed by atoms with van der Waals surface area (Å²) in [5, 5.41) is 17.6. The molecular weight excluding hydrogens is 490 g/mol. The van der Waals surface area contributed by atoms with Crippen LogP contribution in [0.2, 0.25) is 0 Å². The van der Waals surface area contributed by atoms with Crippen molar-refractivity contribution in [3.63, 3.8) is 0 Å². The fraction of sp³-hybridized carbons (Fsp3) is 0.577. The lowest BCUT2D eigenvalue weighted by Gasteiger charge is -2.28. The first-order chi connectivity index (χ1) is 17.9. The fourth-order valence-corrected chi connectivity index (χ4v) is 3.61. The van der Waals surface area contributed by atoms with Gasteiger partial charge in [0.2, 0.25) is 17.7 Å². The summed E-state index contributed by atoms with van der Waals surface area (Å²) in [6.07, 6.45) is 1.12. The Hall–Kier alpha value is -3.67. The van der Waals surface area contributed by atoms with Gasteiger partial charge in [0, 0.05) is 13.0 Å². The number of benzene rings is 1. The maximum atomic E-state index is 13.3. The minimum atomic E-state index is -1.21. The molecule has 1 aromatic rings. The van der Waals surface area contributed by atoms with E-state index < -0.39 is 47.9 Å². The third kappa shape index (κ3) is 11.2. The fourth-order valence-electron chi connectivity index (χ4n) is 3.61. The Morgan fingerprint density at radius 1 is 0.921 bits per heavy atom. The lowest BCUT2D eigenvalue weighted by Crippen LogP contribution is -2.59. The zero-order valence-corrected chi connectivity index (χ0v) is 22.6. The molecular formula is C26H43N7O5. The number of carbonyl (C=O) groups excluding carboxylic acids is 3. The molecule has 1 rings (SSSR count). The molecule has 12 heteroatoms. The van der Waals surface area contributed by atoms with Crippen LogP contribution in [0.3, 0.4) is 0 Å². The van der Waals surface area contributed by atoms with Gasteiger partial charge < -0.3 is 38.3 Å². The van der Waals surface area contributed by atoms with Crippen LogP contribution in [0.5, 0.6) is 0 Å². The summed E-state index contributed by atoms with van der Waals surface area (Å²) < 4.78 is 0. The predicted molar refractivity (Wildman–Crippen MR) is 146 cm³/mol. The van der Waals surface area contributed by atoms with Gasteiger partial charge in [-0.15, -0.1) is 0 Å². The molecule has 12 nitrogen and oxygen atoms in total. The summed E-state index contributed by atoms with van der Waals surface area (Å²) in [6.45, 7) is 7.49. The number of guanidine groups is 1. The van der Waals surface area contributed by atoms with Gasteiger partial charge in [-0.3, -0.25) is 19.4 Å². The normalized spacial score (nSPS) is 14.9. The number of nitrogens with zero attached hydrogens (tertiary/aromatic N) is 1. The topological polar surface area (TPSA) is 215 Å². The van der Waals surface area contributed by atoms with E-state index in [4.69, 9.17) is 17.2 Å². The molecule has 0 aromatic heterocycles. The smallest absolute Gasteiger partial charge is 0.326 e. The summed E-state index contributed by atoms with van der Waals surface area (Å²) in [6, 6.07) is 4.84. The highest BCUT2D eigenvalue weighted by Gasteiger charge is 2.32. The number of hydrogen-bond donors (Lipinski definition) is 7. The van der Waals surface area contributed by atoms with Gasteiger partial charge in [0.25, 0.3) is 0 Å². The molecule has 0 saturated heterocycles. The number of carboxylic acid groups (broad SMARTS) is 1. The first-order valence-corrected chi connectivity index (χ1v) is 12.9. The quantitative estimate of drug-likeness (QED) is 0.0859. The van der Waals surface area contributed by atoms with Crippen molar-refractivity contribution in [1.29, 1.82) is 0 Å². The highest BCUT2D eigenvalue weighted by atomic mass is 16.4. The molecule has 38 heavy (non-hydrogen) atoms. The Morgan fingerprint density at radius 3 is 2.05 bits per heavy atom. The van der Waals surface area contributed by atoms with Crippen LogP contribution in [0.1, 0.15) is 52.5 Å². The minimum Gasteiger partial charge on any atom is -0.480 e. The summed E-state index contributed by atoms with van der Waals surface area (Å²) in [5.74, 6) is -3.41. The summed E-state index contributed by atoms with van der Waals surface area (Å²) in [5.41, 5.74) is 17.4. The second-order valence-electron chi connectivity index (χ2n) is 9.74. The second kappa shape index (κ2) is 16.2. The van der Waals surface area contributed by atoms with Crippen LogP contribution in [-0.4, -0.2) is 65.5 Å². The van der Waals surface area contributed by atoms with E-state index in [1.54, 1.807) is 51.1 Å². The van der Waals surface area contributed by atoms with Gasteiger partial charge in [-0.1, -0.05) is 64.4 Å². The monoisotopic (exact) mass is 533 g/mol. The number of hydrogen-bond acceptors (Lipinski definition) is 6. The molecule has 5 unspecified atom stereocenters. The zero-order chi connectivity index (χ0) is 28.8. The lowest BCUT2D eigenvalue weighted by atomic mass is 9.96. The minimum absolute atomic E-state index is 0.0647. The van der Waals surface area contributed by atoms with Gasteiger partial charge >= 0.3 is 5.97 Å². The van der Waals surface area contributed by atoms with E-state index in [-0.39, 0.29) is 37.2 Å². The molecule has 0 fully saturated rings. The molecule has 0 radical (unpaired) electrons. The number of carboxylic acids is 1. The SMILES string of the molecule is CCC(C)C(NC(=O)C(N)C(C)C)C(=O)NC(CCCN=C(N)N)C(=O)NC(Cc1ccccc1)C(=O)O. The number of aliphatic imine (C=N–C) groups is 1.